The van der Waals surface area contributed by atoms with Gasteiger partial charge in [0.2, 0.25) is 0 Å². The summed E-state index contributed by atoms with van der Waals surface area (Å²) in [6, 6.07) is 10.8. The Morgan fingerprint density at radius 2 is 2.00 bits per heavy atom. The molecule has 3 N–H and O–H groups in total. The third-order valence-electron chi connectivity index (χ3n) is 3.26. The van der Waals surface area contributed by atoms with Crippen LogP contribution in [0.3, 0.4) is 0 Å². The van der Waals surface area contributed by atoms with E-state index in [9.17, 15) is 0 Å². The minimum atomic E-state index is 0.310. The third-order valence-corrected chi connectivity index (χ3v) is 3.26. The quantitative estimate of drug-likeness (QED) is 0.866. The average Bonchev–Trinajstić information content (AvgIpc) is 2.67. The van der Waals surface area contributed by atoms with Crippen molar-refractivity contribution in [3.8, 4) is 0 Å². The second kappa shape index (κ2) is 5.78. The minimum Gasteiger partial charge on any atom is -0.394 e. The van der Waals surface area contributed by atoms with Crippen LogP contribution in [0.15, 0.2) is 30.3 Å². The number of rotatable bonds is 5. The predicted octanol–water partition coefficient (Wildman–Crippen LogP) is 2.61. The van der Waals surface area contributed by atoms with Crippen LogP contribution in [-0.4, -0.2) is 15.8 Å². The summed E-state index contributed by atoms with van der Waals surface area (Å²) in [7, 11) is 1.92. The molecular weight excluding hydrogens is 236 g/mol. The van der Waals surface area contributed by atoms with E-state index >= 15 is 0 Å². The first kappa shape index (κ1) is 13.5. The summed E-state index contributed by atoms with van der Waals surface area (Å²) in [6.45, 7) is 4.22. The zero-order valence-corrected chi connectivity index (χ0v) is 11.9. The van der Waals surface area contributed by atoms with Gasteiger partial charge < -0.3 is 11.1 Å². The third kappa shape index (κ3) is 3.08. The van der Waals surface area contributed by atoms with Gasteiger partial charge in [-0.3, -0.25) is 4.68 Å². The largest absolute Gasteiger partial charge is 0.394 e. The predicted molar refractivity (Wildman–Crippen MR) is 80.2 cm³/mol. The molecule has 0 aliphatic heterocycles. The van der Waals surface area contributed by atoms with Crippen LogP contribution >= 0.6 is 0 Å². The van der Waals surface area contributed by atoms with Gasteiger partial charge in [-0.25, -0.2) is 0 Å². The van der Waals surface area contributed by atoms with Crippen molar-refractivity contribution in [3.63, 3.8) is 0 Å². The van der Waals surface area contributed by atoms with E-state index in [0.717, 1.165) is 30.0 Å². The summed E-state index contributed by atoms with van der Waals surface area (Å²) in [5.74, 6) is 0.917. The first-order chi connectivity index (χ1) is 9.11. The lowest BCUT2D eigenvalue weighted by atomic mass is 10.1. The number of nitrogen functional groups attached to an aromatic ring is 1. The highest BCUT2D eigenvalue weighted by atomic mass is 15.3. The van der Waals surface area contributed by atoms with Crippen LogP contribution in [-0.2, 0) is 19.9 Å². The number of nitrogens with two attached hydrogens (primary N) is 1. The smallest absolute Gasteiger partial charge is 0.147 e. The van der Waals surface area contributed by atoms with Gasteiger partial charge in [0.15, 0.2) is 0 Å². The number of nitrogens with one attached hydrogen (secondary N) is 1. The minimum absolute atomic E-state index is 0.310. The van der Waals surface area contributed by atoms with E-state index in [0.29, 0.717) is 6.04 Å². The summed E-state index contributed by atoms with van der Waals surface area (Å²) in [5.41, 5.74) is 9.15. The summed E-state index contributed by atoms with van der Waals surface area (Å²) in [5, 5.41) is 7.88. The lowest BCUT2D eigenvalue weighted by Gasteiger charge is -2.16. The van der Waals surface area contributed by atoms with Gasteiger partial charge in [0.05, 0.1) is 11.4 Å². The molecule has 0 spiro atoms. The van der Waals surface area contributed by atoms with Gasteiger partial charge in [0, 0.05) is 13.1 Å². The molecule has 0 saturated heterocycles. The molecule has 0 fully saturated rings. The molecule has 1 unspecified atom stereocenters. The highest BCUT2D eigenvalue weighted by Gasteiger charge is 2.14. The number of hydrogen-bond donors (Lipinski definition) is 2. The van der Waals surface area contributed by atoms with Crippen molar-refractivity contribution in [2.24, 2.45) is 7.05 Å². The normalized spacial score (nSPS) is 12.4. The molecule has 2 rings (SSSR count). The second-order valence-corrected chi connectivity index (χ2v) is 4.92. The Bertz CT molecular complexity index is 531. The van der Waals surface area contributed by atoms with Crippen molar-refractivity contribution in [1.29, 1.82) is 0 Å². The van der Waals surface area contributed by atoms with Gasteiger partial charge in [-0.2, -0.15) is 5.10 Å². The lowest BCUT2D eigenvalue weighted by molar-refractivity contribution is 0.719. The molecule has 1 atom stereocenters. The van der Waals surface area contributed by atoms with Crippen LogP contribution in [0.25, 0.3) is 0 Å². The monoisotopic (exact) mass is 258 g/mol. The molecule has 19 heavy (non-hydrogen) atoms. The molecule has 1 aromatic carbocycles. The SMILES string of the molecule is CCc1nn(C)c(NC(C)Cc2ccccc2)c1N. The first-order valence-corrected chi connectivity index (χ1v) is 6.73. The number of aromatic nitrogens is 2. The Morgan fingerprint density at radius 3 is 2.58 bits per heavy atom. The highest BCUT2D eigenvalue weighted by molar-refractivity contribution is 5.65. The van der Waals surface area contributed by atoms with E-state index in [2.05, 4.69) is 48.5 Å². The average molecular weight is 258 g/mol. The van der Waals surface area contributed by atoms with Crippen LogP contribution in [0.1, 0.15) is 25.1 Å². The van der Waals surface area contributed by atoms with Crippen molar-refractivity contribution in [2.45, 2.75) is 32.7 Å². The van der Waals surface area contributed by atoms with Crippen molar-refractivity contribution in [2.75, 3.05) is 11.1 Å². The van der Waals surface area contributed by atoms with Gasteiger partial charge >= 0.3 is 0 Å². The van der Waals surface area contributed by atoms with E-state index < -0.39 is 0 Å². The van der Waals surface area contributed by atoms with Crippen molar-refractivity contribution in [1.82, 2.24) is 9.78 Å². The number of hydrogen-bond acceptors (Lipinski definition) is 3. The molecule has 0 saturated carbocycles. The van der Waals surface area contributed by atoms with Crippen LogP contribution in [0, 0.1) is 0 Å². The lowest BCUT2D eigenvalue weighted by Crippen LogP contribution is -2.20. The molecule has 1 aromatic heterocycles. The van der Waals surface area contributed by atoms with Gasteiger partial charge in [-0.1, -0.05) is 37.3 Å². The number of aryl methyl sites for hydroxylation is 2. The maximum absolute atomic E-state index is 6.11. The molecule has 1 heterocycles. The highest BCUT2D eigenvalue weighted by Crippen LogP contribution is 2.23. The van der Waals surface area contributed by atoms with Crippen LogP contribution < -0.4 is 11.1 Å². The molecule has 4 heteroatoms. The van der Waals surface area contributed by atoms with E-state index in [1.807, 2.05) is 17.8 Å². The van der Waals surface area contributed by atoms with Crippen molar-refractivity contribution in [3.05, 3.63) is 41.6 Å². The molecule has 2 aromatic rings. The first-order valence-electron chi connectivity index (χ1n) is 6.73. The van der Waals surface area contributed by atoms with Crippen LogP contribution in [0.5, 0.6) is 0 Å². The fourth-order valence-electron chi connectivity index (χ4n) is 2.28. The molecule has 0 aliphatic rings. The zero-order chi connectivity index (χ0) is 13.8. The maximum atomic E-state index is 6.11. The van der Waals surface area contributed by atoms with Gasteiger partial charge in [0.25, 0.3) is 0 Å². The summed E-state index contributed by atoms with van der Waals surface area (Å²) in [4.78, 5) is 0. The second-order valence-electron chi connectivity index (χ2n) is 4.92. The molecule has 102 valence electrons. The Kier molecular flexibility index (Phi) is 4.10. The van der Waals surface area contributed by atoms with Crippen molar-refractivity contribution < 1.29 is 0 Å². The molecule has 0 amide bonds. The summed E-state index contributed by atoms with van der Waals surface area (Å²) < 4.78 is 1.83. The van der Waals surface area contributed by atoms with Crippen molar-refractivity contribution >= 4 is 11.5 Å². The topological polar surface area (TPSA) is 55.9 Å². The van der Waals surface area contributed by atoms with E-state index in [1.165, 1.54) is 5.56 Å². The van der Waals surface area contributed by atoms with Gasteiger partial charge in [-0.05, 0) is 25.3 Å². The van der Waals surface area contributed by atoms with Gasteiger partial charge in [-0.15, -0.1) is 0 Å². The summed E-state index contributed by atoms with van der Waals surface area (Å²) in [6.07, 6.45) is 1.82. The molecule has 0 bridgehead atoms. The number of nitrogens with zero attached hydrogens (tertiary/aromatic N) is 2. The molecular formula is C15H22N4. The number of anilines is 2. The standard InChI is InChI=1S/C15H22N4/c1-4-13-14(16)15(19(3)18-13)17-11(2)10-12-8-6-5-7-9-12/h5-9,11,17H,4,10,16H2,1-3H3. The van der Waals surface area contributed by atoms with Crippen LogP contribution in [0.4, 0.5) is 11.5 Å². The fourth-order valence-corrected chi connectivity index (χ4v) is 2.28. The fraction of sp³-hybridized carbons (Fsp3) is 0.400. The van der Waals surface area contributed by atoms with E-state index in [1.54, 1.807) is 0 Å². The Labute approximate surface area is 114 Å². The Balaban J connectivity index is 2.07. The Morgan fingerprint density at radius 1 is 1.32 bits per heavy atom. The van der Waals surface area contributed by atoms with E-state index in [-0.39, 0.29) is 0 Å². The maximum Gasteiger partial charge on any atom is 0.147 e. The summed E-state index contributed by atoms with van der Waals surface area (Å²) >= 11 is 0. The number of benzene rings is 1. The van der Waals surface area contributed by atoms with E-state index in [4.69, 9.17) is 5.73 Å². The molecule has 0 aliphatic carbocycles. The molecule has 4 nitrogen and oxygen atoms in total. The van der Waals surface area contributed by atoms with Crippen LogP contribution in [0.2, 0.25) is 0 Å². The van der Waals surface area contributed by atoms with Gasteiger partial charge in [0.1, 0.15) is 5.82 Å². The molecule has 0 radical (unpaired) electrons. The Hall–Kier alpha value is -1.97. The zero-order valence-electron chi connectivity index (χ0n) is 11.9.